The Bertz CT molecular complexity index is 364. The number of aliphatic hydroxyl groups is 2. The van der Waals surface area contributed by atoms with Crippen LogP contribution in [0.15, 0.2) is 0 Å². The van der Waals surface area contributed by atoms with E-state index in [2.05, 4.69) is 20.8 Å². The number of rotatable bonds is 2. The maximum Gasteiger partial charge on any atom is 0.0654 e. The lowest BCUT2D eigenvalue weighted by atomic mass is 9.44. The van der Waals surface area contributed by atoms with E-state index in [1.54, 1.807) is 0 Å². The molecule has 4 atom stereocenters. The summed E-state index contributed by atoms with van der Waals surface area (Å²) in [5.41, 5.74) is -0.829. The zero-order valence-corrected chi connectivity index (χ0v) is 14.3. The molecule has 20 heavy (non-hydrogen) atoms. The fourth-order valence-corrected chi connectivity index (χ4v) is 5.58. The van der Waals surface area contributed by atoms with Gasteiger partial charge in [-0.2, -0.15) is 0 Å². The van der Waals surface area contributed by atoms with Gasteiger partial charge in [0.1, 0.15) is 0 Å². The van der Waals surface area contributed by atoms with Crippen molar-refractivity contribution in [3.05, 3.63) is 0 Å². The molecule has 0 saturated heterocycles. The minimum absolute atomic E-state index is 0.156. The van der Waals surface area contributed by atoms with Crippen molar-refractivity contribution in [1.29, 1.82) is 0 Å². The smallest absolute Gasteiger partial charge is 0.0654 e. The van der Waals surface area contributed by atoms with Gasteiger partial charge in [0.05, 0.1) is 11.2 Å². The third kappa shape index (κ3) is 2.78. The predicted molar refractivity (Wildman–Crippen MR) is 83.5 cm³/mol. The molecule has 0 heterocycles. The Hall–Kier alpha value is -0.0800. The average molecular weight is 282 g/mol. The Kier molecular flexibility index (Phi) is 3.84. The second kappa shape index (κ2) is 4.71. The van der Waals surface area contributed by atoms with Gasteiger partial charge < -0.3 is 10.2 Å². The second-order valence-electron chi connectivity index (χ2n) is 9.37. The summed E-state index contributed by atoms with van der Waals surface area (Å²) in [5.74, 6) is 0.852. The van der Waals surface area contributed by atoms with Crippen molar-refractivity contribution in [1.82, 2.24) is 0 Å². The van der Waals surface area contributed by atoms with Crippen LogP contribution in [-0.4, -0.2) is 21.4 Å². The summed E-state index contributed by atoms with van der Waals surface area (Å²) in [4.78, 5) is 0. The van der Waals surface area contributed by atoms with Gasteiger partial charge in [0.15, 0.2) is 0 Å². The third-order valence-corrected chi connectivity index (χ3v) is 6.47. The van der Waals surface area contributed by atoms with E-state index in [1.165, 1.54) is 19.3 Å². The van der Waals surface area contributed by atoms with E-state index in [1.807, 2.05) is 20.8 Å². The second-order valence-corrected chi connectivity index (χ2v) is 9.37. The Balaban J connectivity index is 2.38. The molecule has 0 spiro atoms. The number of hydrogen-bond donors (Lipinski definition) is 2. The first kappa shape index (κ1) is 16.3. The summed E-state index contributed by atoms with van der Waals surface area (Å²) in [7, 11) is 0. The average Bonchev–Trinajstić information content (AvgIpc) is 2.21. The Labute approximate surface area is 125 Å². The van der Waals surface area contributed by atoms with E-state index in [9.17, 15) is 10.2 Å². The van der Waals surface area contributed by atoms with Crippen molar-refractivity contribution < 1.29 is 10.2 Å². The van der Waals surface area contributed by atoms with Crippen LogP contribution in [0, 0.1) is 22.7 Å². The molecule has 2 N–H and O–H groups in total. The molecule has 0 aliphatic heterocycles. The maximum atomic E-state index is 11.0. The normalized spacial score (nSPS) is 45.0. The first-order valence-corrected chi connectivity index (χ1v) is 8.33. The molecule has 2 aliphatic rings. The summed E-state index contributed by atoms with van der Waals surface area (Å²) in [6.07, 6.45) is 6.43. The Morgan fingerprint density at radius 2 is 1.65 bits per heavy atom. The van der Waals surface area contributed by atoms with Gasteiger partial charge in [0, 0.05) is 0 Å². The predicted octanol–water partition coefficient (Wildman–Crippen LogP) is 4.14. The maximum absolute atomic E-state index is 11.0. The first-order valence-electron chi connectivity index (χ1n) is 8.33. The minimum atomic E-state index is -0.707. The molecule has 2 nitrogen and oxygen atoms in total. The molecule has 2 saturated carbocycles. The molecular weight excluding hydrogens is 248 g/mol. The molecule has 2 rings (SSSR count). The highest BCUT2D eigenvalue weighted by atomic mass is 16.3. The molecule has 0 amide bonds. The van der Waals surface area contributed by atoms with Crippen molar-refractivity contribution in [3.63, 3.8) is 0 Å². The highest BCUT2D eigenvalue weighted by Gasteiger charge is 2.58. The molecule has 0 aromatic carbocycles. The van der Waals surface area contributed by atoms with E-state index < -0.39 is 11.2 Å². The molecule has 0 aromatic rings. The van der Waals surface area contributed by atoms with Crippen LogP contribution in [0.4, 0.5) is 0 Å². The minimum Gasteiger partial charge on any atom is -0.390 e. The molecule has 0 bridgehead atoms. The van der Waals surface area contributed by atoms with Crippen molar-refractivity contribution >= 4 is 0 Å². The highest BCUT2D eigenvalue weighted by molar-refractivity contribution is 5.08. The van der Waals surface area contributed by atoms with Gasteiger partial charge in [-0.15, -0.1) is 0 Å². The van der Waals surface area contributed by atoms with Crippen LogP contribution >= 0.6 is 0 Å². The molecular formula is C18H34O2. The van der Waals surface area contributed by atoms with E-state index in [0.29, 0.717) is 17.8 Å². The van der Waals surface area contributed by atoms with E-state index in [4.69, 9.17) is 0 Å². The topological polar surface area (TPSA) is 40.5 Å². The van der Waals surface area contributed by atoms with Gasteiger partial charge in [-0.25, -0.2) is 0 Å². The number of fused-ring (bicyclic) bond motifs is 1. The van der Waals surface area contributed by atoms with Crippen LogP contribution in [0.1, 0.15) is 80.1 Å². The van der Waals surface area contributed by atoms with Gasteiger partial charge in [-0.05, 0) is 75.5 Å². The van der Waals surface area contributed by atoms with Gasteiger partial charge in [-0.1, -0.05) is 27.2 Å². The molecule has 2 fully saturated rings. The lowest BCUT2D eigenvalue weighted by Gasteiger charge is -2.62. The van der Waals surface area contributed by atoms with E-state index in [-0.39, 0.29) is 11.3 Å². The van der Waals surface area contributed by atoms with Crippen LogP contribution in [0.5, 0.6) is 0 Å². The van der Waals surface area contributed by atoms with Crippen LogP contribution < -0.4 is 0 Å². The summed E-state index contributed by atoms with van der Waals surface area (Å²) in [5, 5.41) is 21.3. The Morgan fingerprint density at radius 3 is 2.20 bits per heavy atom. The zero-order chi connectivity index (χ0) is 15.4. The van der Waals surface area contributed by atoms with Gasteiger partial charge >= 0.3 is 0 Å². The quantitative estimate of drug-likeness (QED) is 0.799. The fourth-order valence-electron chi connectivity index (χ4n) is 5.58. The summed E-state index contributed by atoms with van der Waals surface area (Å²) < 4.78 is 0. The number of hydrogen-bond acceptors (Lipinski definition) is 2. The molecule has 2 aliphatic carbocycles. The monoisotopic (exact) mass is 282 g/mol. The summed E-state index contributed by atoms with van der Waals surface area (Å²) >= 11 is 0. The van der Waals surface area contributed by atoms with Gasteiger partial charge in [0.25, 0.3) is 0 Å². The van der Waals surface area contributed by atoms with Crippen LogP contribution in [0.25, 0.3) is 0 Å². The van der Waals surface area contributed by atoms with Crippen LogP contribution in [0.2, 0.25) is 0 Å². The van der Waals surface area contributed by atoms with E-state index in [0.717, 1.165) is 12.8 Å². The SMILES string of the molecule is CC(C)(O)C[C@H]1[C@]2(C)CCCC(C)(C)[C@H]2CC[C@@]1(C)O. The van der Waals surface area contributed by atoms with Crippen LogP contribution in [-0.2, 0) is 0 Å². The first-order chi connectivity index (χ1) is 8.89. The van der Waals surface area contributed by atoms with Crippen LogP contribution in [0.3, 0.4) is 0 Å². The lowest BCUT2D eigenvalue weighted by Crippen LogP contribution is -2.58. The molecule has 118 valence electrons. The van der Waals surface area contributed by atoms with E-state index >= 15 is 0 Å². The molecule has 2 heteroatoms. The largest absolute Gasteiger partial charge is 0.390 e. The molecule has 0 radical (unpaired) electrons. The molecule has 0 aromatic heterocycles. The van der Waals surface area contributed by atoms with Crippen molar-refractivity contribution in [2.45, 2.75) is 91.3 Å². The summed E-state index contributed by atoms with van der Waals surface area (Å²) in [6, 6.07) is 0. The third-order valence-electron chi connectivity index (χ3n) is 6.47. The van der Waals surface area contributed by atoms with Crippen molar-refractivity contribution in [3.8, 4) is 0 Å². The van der Waals surface area contributed by atoms with Gasteiger partial charge in [0.2, 0.25) is 0 Å². The standard InChI is InChI=1S/C18H34O2/c1-15(2)9-7-10-17(5)13(15)8-11-18(6,20)14(17)12-16(3,4)19/h13-14,19-20H,7-12H2,1-6H3/t13-,14+,17-,18-/m1/s1. The van der Waals surface area contributed by atoms with Crippen molar-refractivity contribution in [2.24, 2.45) is 22.7 Å². The lowest BCUT2D eigenvalue weighted by molar-refractivity contribution is -0.183. The fraction of sp³-hybridized carbons (Fsp3) is 1.00. The Morgan fingerprint density at radius 1 is 1.05 bits per heavy atom. The van der Waals surface area contributed by atoms with Gasteiger partial charge in [-0.3, -0.25) is 0 Å². The van der Waals surface area contributed by atoms with Crippen molar-refractivity contribution in [2.75, 3.05) is 0 Å². The summed E-state index contributed by atoms with van der Waals surface area (Å²) in [6.45, 7) is 12.9. The zero-order valence-electron chi connectivity index (χ0n) is 14.3. The highest BCUT2D eigenvalue weighted by Crippen LogP contribution is 2.63. The molecule has 0 unspecified atom stereocenters.